The lowest BCUT2D eigenvalue weighted by Gasteiger charge is -2.19. The second kappa shape index (κ2) is 14.3. The van der Waals surface area contributed by atoms with Crippen molar-refractivity contribution in [2.45, 2.75) is 19.8 Å². The number of halogens is 1. The van der Waals surface area contributed by atoms with Gasteiger partial charge in [-0.15, -0.1) is 0 Å². The van der Waals surface area contributed by atoms with Crippen LogP contribution in [0.25, 0.3) is 0 Å². The molecule has 0 saturated carbocycles. The zero-order chi connectivity index (χ0) is 19.0. The molecule has 26 heavy (non-hydrogen) atoms. The number of methoxy groups -OCH3 is 1. The number of hydrogen-bond donors (Lipinski definition) is 2. The Balaban J connectivity index is 2.25. The minimum Gasteiger partial charge on any atom is -0.382 e. The third-order valence-corrected chi connectivity index (χ3v) is 3.72. The fourth-order valence-corrected chi connectivity index (χ4v) is 2.35. The molecule has 7 heteroatoms. The molecule has 0 bridgehead atoms. The lowest BCUT2D eigenvalue weighted by Crippen LogP contribution is -2.38. The van der Waals surface area contributed by atoms with E-state index in [0.29, 0.717) is 32.1 Å². The molecule has 1 aromatic rings. The molecule has 0 heterocycles. The summed E-state index contributed by atoms with van der Waals surface area (Å²) in [5.41, 5.74) is 0.620. The number of guanidine groups is 1. The average molecular weight is 368 g/mol. The minimum absolute atomic E-state index is 0.193. The molecule has 6 nitrogen and oxygen atoms in total. The number of aliphatic imine (C=N–C) groups is 1. The Morgan fingerprint density at radius 1 is 1.15 bits per heavy atom. The van der Waals surface area contributed by atoms with E-state index < -0.39 is 0 Å². The van der Waals surface area contributed by atoms with E-state index in [1.807, 2.05) is 24.9 Å². The van der Waals surface area contributed by atoms with Crippen molar-refractivity contribution in [2.24, 2.45) is 4.99 Å². The highest BCUT2D eigenvalue weighted by atomic mass is 19.1. The van der Waals surface area contributed by atoms with Gasteiger partial charge in [-0.05, 0) is 31.9 Å². The Morgan fingerprint density at radius 3 is 2.69 bits per heavy atom. The van der Waals surface area contributed by atoms with Crippen LogP contribution in [-0.4, -0.2) is 66.1 Å². The van der Waals surface area contributed by atoms with Gasteiger partial charge in [-0.25, -0.2) is 4.39 Å². The molecular weight excluding hydrogens is 335 g/mol. The van der Waals surface area contributed by atoms with E-state index in [-0.39, 0.29) is 5.82 Å². The normalized spacial score (nSPS) is 11.5. The second-order valence-electron chi connectivity index (χ2n) is 5.87. The molecule has 0 spiro atoms. The van der Waals surface area contributed by atoms with E-state index in [2.05, 4.69) is 15.6 Å². The van der Waals surface area contributed by atoms with Crippen LogP contribution in [0.4, 0.5) is 10.1 Å². The summed E-state index contributed by atoms with van der Waals surface area (Å²) in [5, 5.41) is 6.52. The third kappa shape index (κ3) is 9.58. The number of hydrogen-bond acceptors (Lipinski definition) is 4. The van der Waals surface area contributed by atoms with E-state index in [4.69, 9.17) is 9.47 Å². The molecule has 0 aliphatic rings. The molecule has 1 rings (SSSR count). The Hall–Kier alpha value is -1.86. The van der Waals surface area contributed by atoms with Gasteiger partial charge in [-0.3, -0.25) is 4.99 Å². The van der Waals surface area contributed by atoms with Crippen LogP contribution in [0.1, 0.15) is 19.8 Å². The Kier molecular flexibility index (Phi) is 12.2. The number of anilines is 1. The molecule has 0 unspecified atom stereocenters. The fourth-order valence-electron chi connectivity index (χ4n) is 2.35. The third-order valence-electron chi connectivity index (χ3n) is 3.72. The van der Waals surface area contributed by atoms with Crippen LogP contribution in [0.2, 0.25) is 0 Å². The molecule has 0 aliphatic carbocycles. The van der Waals surface area contributed by atoms with Gasteiger partial charge in [-0.1, -0.05) is 12.1 Å². The highest BCUT2D eigenvalue weighted by Crippen LogP contribution is 2.16. The van der Waals surface area contributed by atoms with Crippen molar-refractivity contribution in [3.8, 4) is 0 Å². The molecule has 148 valence electrons. The zero-order valence-corrected chi connectivity index (χ0v) is 16.3. The predicted molar refractivity (Wildman–Crippen MR) is 106 cm³/mol. The van der Waals surface area contributed by atoms with E-state index in [1.54, 1.807) is 19.2 Å². The quantitative estimate of drug-likeness (QED) is 0.318. The van der Waals surface area contributed by atoms with E-state index in [9.17, 15) is 4.39 Å². The zero-order valence-electron chi connectivity index (χ0n) is 16.3. The van der Waals surface area contributed by atoms with Gasteiger partial charge >= 0.3 is 0 Å². The minimum atomic E-state index is -0.193. The number of para-hydroxylation sites is 1. The number of nitrogens with one attached hydrogen (secondary N) is 2. The summed E-state index contributed by atoms with van der Waals surface area (Å²) >= 11 is 0. The maximum atomic E-state index is 13.7. The first-order chi connectivity index (χ1) is 12.7. The van der Waals surface area contributed by atoms with Crippen LogP contribution in [0.5, 0.6) is 0 Å². The monoisotopic (exact) mass is 368 g/mol. The van der Waals surface area contributed by atoms with Crippen molar-refractivity contribution >= 4 is 11.6 Å². The number of benzene rings is 1. The van der Waals surface area contributed by atoms with Gasteiger partial charge in [0.15, 0.2) is 5.96 Å². The van der Waals surface area contributed by atoms with Gasteiger partial charge in [0.25, 0.3) is 0 Å². The Morgan fingerprint density at radius 2 is 1.96 bits per heavy atom. The van der Waals surface area contributed by atoms with Crippen molar-refractivity contribution in [2.75, 3.05) is 65.1 Å². The standard InChI is InChI=1S/C19H33FN4O2/c1-4-21-19(23-12-8-14-26-16-15-25-3)22-11-7-13-24(2)18-10-6-5-9-17(18)20/h5-6,9-10H,4,7-8,11-16H2,1-3H3,(H2,21,22,23). The summed E-state index contributed by atoms with van der Waals surface area (Å²) < 4.78 is 24.1. The summed E-state index contributed by atoms with van der Waals surface area (Å²) in [7, 11) is 3.56. The lowest BCUT2D eigenvalue weighted by atomic mass is 10.2. The van der Waals surface area contributed by atoms with E-state index in [1.165, 1.54) is 6.07 Å². The van der Waals surface area contributed by atoms with Crippen molar-refractivity contribution in [3.05, 3.63) is 30.1 Å². The fraction of sp³-hybridized carbons (Fsp3) is 0.632. The van der Waals surface area contributed by atoms with E-state index in [0.717, 1.165) is 38.4 Å². The first-order valence-electron chi connectivity index (χ1n) is 9.23. The molecule has 0 amide bonds. The molecule has 2 N–H and O–H groups in total. The van der Waals surface area contributed by atoms with E-state index >= 15 is 0 Å². The van der Waals surface area contributed by atoms with Gasteiger partial charge in [0, 0.05) is 46.9 Å². The van der Waals surface area contributed by atoms with Crippen LogP contribution in [-0.2, 0) is 9.47 Å². The molecule has 0 aromatic heterocycles. The van der Waals surface area contributed by atoms with Gasteiger partial charge in [0.2, 0.25) is 0 Å². The average Bonchev–Trinajstić information content (AvgIpc) is 2.64. The van der Waals surface area contributed by atoms with Gasteiger partial charge in [0.05, 0.1) is 18.9 Å². The SMILES string of the molecule is CCNC(=NCCCN(C)c1ccccc1F)NCCCOCCOC. The summed E-state index contributed by atoms with van der Waals surface area (Å²) in [6, 6.07) is 6.82. The van der Waals surface area contributed by atoms with Crippen LogP contribution in [0.3, 0.4) is 0 Å². The van der Waals surface area contributed by atoms with Crippen LogP contribution in [0, 0.1) is 5.82 Å². The van der Waals surface area contributed by atoms with Gasteiger partial charge in [-0.2, -0.15) is 0 Å². The molecular formula is C19H33FN4O2. The van der Waals surface area contributed by atoms with Crippen molar-refractivity contribution < 1.29 is 13.9 Å². The van der Waals surface area contributed by atoms with Crippen LogP contribution in [0.15, 0.2) is 29.3 Å². The molecule has 0 atom stereocenters. The summed E-state index contributed by atoms with van der Waals surface area (Å²) in [6.07, 6.45) is 1.76. The largest absolute Gasteiger partial charge is 0.382 e. The smallest absolute Gasteiger partial charge is 0.191 e. The van der Waals surface area contributed by atoms with Crippen LogP contribution >= 0.6 is 0 Å². The molecule has 0 saturated heterocycles. The first kappa shape index (κ1) is 22.2. The number of rotatable bonds is 13. The molecule has 0 radical (unpaired) electrons. The van der Waals surface area contributed by atoms with Gasteiger partial charge in [0.1, 0.15) is 5.82 Å². The van der Waals surface area contributed by atoms with Crippen molar-refractivity contribution in [1.29, 1.82) is 0 Å². The molecule has 0 fully saturated rings. The second-order valence-corrected chi connectivity index (χ2v) is 5.87. The summed E-state index contributed by atoms with van der Waals surface area (Å²) in [5.74, 6) is 0.610. The highest BCUT2D eigenvalue weighted by Gasteiger charge is 2.05. The maximum absolute atomic E-state index is 13.7. The summed E-state index contributed by atoms with van der Waals surface area (Å²) in [4.78, 5) is 6.48. The number of ether oxygens (including phenoxy) is 2. The Labute approximate surface area is 156 Å². The number of nitrogens with zero attached hydrogens (tertiary/aromatic N) is 2. The lowest BCUT2D eigenvalue weighted by molar-refractivity contribution is 0.0698. The topological polar surface area (TPSA) is 58.1 Å². The first-order valence-corrected chi connectivity index (χ1v) is 9.23. The van der Waals surface area contributed by atoms with Crippen LogP contribution < -0.4 is 15.5 Å². The van der Waals surface area contributed by atoms with Crippen molar-refractivity contribution in [1.82, 2.24) is 10.6 Å². The summed E-state index contributed by atoms with van der Waals surface area (Å²) in [6.45, 7) is 7.02. The predicted octanol–water partition coefficient (Wildman–Crippen LogP) is 2.26. The Bertz CT molecular complexity index is 514. The van der Waals surface area contributed by atoms with Gasteiger partial charge < -0.3 is 25.0 Å². The highest BCUT2D eigenvalue weighted by molar-refractivity contribution is 5.79. The molecule has 1 aromatic carbocycles. The van der Waals surface area contributed by atoms with Crippen molar-refractivity contribution in [3.63, 3.8) is 0 Å². The molecule has 0 aliphatic heterocycles. The maximum Gasteiger partial charge on any atom is 0.191 e.